The van der Waals surface area contributed by atoms with Crippen LogP contribution in [0.1, 0.15) is 31.0 Å². The van der Waals surface area contributed by atoms with Gasteiger partial charge >= 0.3 is 0 Å². The third kappa shape index (κ3) is 3.00. The summed E-state index contributed by atoms with van der Waals surface area (Å²) in [5.74, 6) is 1.04. The summed E-state index contributed by atoms with van der Waals surface area (Å²) in [7, 11) is 0. The maximum absolute atomic E-state index is 13.5. The average molecular weight is 306 g/mol. The molecule has 0 saturated heterocycles. The van der Waals surface area contributed by atoms with Crippen molar-refractivity contribution in [1.29, 1.82) is 0 Å². The van der Waals surface area contributed by atoms with Crippen molar-refractivity contribution in [1.82, 2.24) is 9.97 Å². The van der Waals surface area contributed by atoms with Gasteiger partial charge in [-0.15, -0.1) is 0 Å². The molecule has 110 valence electrons. The monoisotopic (exact) mass is 305 g/mol. The van der Waals surface area contributed by atoms with Crippen molar-refractivity contribution in [3.8, 4) is 11.4 Å². The first-order valence-electron chi connectivity index (χ1n) is 7.27. The van der Waals surface area contributed by atoms with Gasteiger partial charge in [-0.25, -0.2) is 14.4 Å². The van der Waals surface area contributed by atoms with Gasteiger partial charge in [-0.05, 0) is 50.8 Å². The predicted octanol–water partition coefficient (Wildman–Crippen LogP) is 4.25. The molecule has 1 aliphatic rings. The molecule has 0 amide bonds. The van der Waals surface area contributed by atoms with Gasteiger partial charge in [0.25, 0.3) is 0 Å². The number of aryl methyl sites for hydroxylation is 1. The van der Waals surface area contributed by atoms with Gasteiger partial charge < -0.3 is 5.32 Å². The van der Waals surface area contributed by atoms with Crippen molar-refractivity contribution >= 4 is 17.4 Å². The Morgan fingerprint density at radius 1 is 1.19 bits per heavy atom. The van der Waals surface area contributed by atoms with Crippen LogP contribution >= 0.6 is 11.6 Å². The van der Waals surface area contributed by atoms with Crippen LogP contribution in [0, 0.1) is 5.82 Å². The third-order valence-electron chi connectivity index (χ3n) is 3.65. The van der Waals surface area contributed by atoms with E-state index in [1.165, 1.54) is 24.1 Å². The second kappa shape index (κ2) is 5.98. The van der Waals surface area contributed by atoms with Gasteiger partial charge in [-0.1, -0.05) is 11.6 Å². The topological polar surface area (TPSA) is 37.8 Å². The van der Waals surface area contributed by atoms with Gasteiger partial charge in [-0.2, -0.15) is 0 Å². The Labute approximate surface area is 128 Å². The number of anilines is 1. The molecular weight excluding hydrogens is 289 g/mol. The number of hydrogen-bond acceptors (Lipinski definition) is 3. The Balaban J connectivity index is 2.12. The Hall–Kier alpha value is -1.68. The van der Waals surface area contributed by atoms with Gasteiger partial charge in [0, 0.05) is 28.4 Å². The molecule has 1 heterocycles. The lowest BCUT2D eigenvalue weighted by atomic mass is 9.96. The summed E-state index contributed by atoms with van der Waals surface area (Å²) in [5, 5.41) is 3.65. The van der Waals surface area contributed by atoms with Crippen LogP contribution in [0.25, 0.3) is 11.4 Å². The quantitative estimate of drug-likeness (QED) is 0.921. The number of nitrogens with one attached hydrogen (secondary N) is 1. The smallest absolute Gasteiger partial charge is 0.161 e. The molecule has 0 atom stereocenters. The fourth-order valence-electron chi connectivity index (χ4n) is 2.72. The molecule has 0 unspecified atom stereocenters. The van der Waals surface area contributed by atoms with Crippen molar-refractivity contribution in [3.05, 3.63) is 40.3 Å². The molecule has 1 N–H and O–H groups in total. The van der Waals surface area contributed by atoms with Gasteiger partial charge in [0.05, 0.1) is 0 Å². The van der Waals surface area contributed by atoms with E-state index in [0.29, 0.717) is 16.4 Å². The van der Waals surface area contributed by atoms with Crippen LogP contribution in [0.5, 0.6) is 0 Å². The molecule has 3 nitrogen and oxygen atoms in total. The Bertz CT molecular complexity index is 653. The summed E-state index contributed by atoms with van der Waals surface area (Å²) in [6.45, 7) is 2.84. The van der Waals surface area contributed by atoms with E-state index in [-0.39, 0.29) is 5.82 Å². The van der Waals surface area contributed by atoms with Crippen LogP contribution < -0.4 is 5.32 Å². The van der Waals surface area contributed by atoms with Crippen LogP contribution in [0.4, 0.5) is 10.2 Å². The molecule has 1 aromatic heterocycles. The molecule has 0 fully saturated rings. The van der Waals surface area contributed by atoms with Crippen molar-refractivity contribution < 1.29 is 4.39 Å². The van der Waals surface area contributed by atoms with Gasteiger partial charge in [0.2, 0.25) is 0 Å². The minimum Gasteiger partial charge on any atom is -0.370 e. The van der Waals surface area contributed by atoms with Gasteiger partial charge in [-0.3, -0.25) is 0 Å². The van der Waals surface area contributed by atoms with E-state index in [1.807, 2.05) is 6.92 Å². The summed E-state index contributed by atoms with van der Waals surface area (Å²) in [5.41, 5.74) is 2.89. The molecule has 21 heavy (non-hydrogen) atoms. The van der Waals surface area contributed by atoms with Crippen LogP contribution in [0.3, 0.4) is 0 Å². The van der Waals surface area contributed by atoms with Crippen molar-refractivity contribution in [2.75, 3.05) is 11.9 Å². The zero-order valence-corrected chi connectivity index (χ0v) is 12.7. The number of hydrogen-bond donors (Lipinski definition) is 1. The molecule has 1 aliphatic carbocycles. The second-order valence-electron chi connectivity index (χ2n) is 5.22. The number of nitrogens with zero attached hydrogens (tertiary/aromatic N) is 2. The summed E-state index contributed by atoms with van der Waals surface area (Å²) in [6, 6.07) is 4.41. The molecule has 0 saturated carbocycles. The zero-order chi connectivity index (χ0) is 14.8. The highest BCUT2D eigenvalue weighted by molar-refractivity contribution is 6.30. The largest absolute Gasteiger partial charge is 0.370 e. The van der Waals surface area contributed by atoms with E-state index in [2.05, 4.69) is 15.3 Å². The first kappa shape index (κ1) is 14.3. The number of benzene rings is 1. The lowest BCUT2D eigenvalue weighted by Crippen LogP contribution is -2.13. The number of halogens is 2. The Kier molecular flexibility index (Phi) is 4.06. The first-order chi connectivity index (χ1) is 10.2. The second-order valence-corrected chi connectivity index (χ2v) is 5.65. The van der Waals surface area contributed by atoms with Crippen LogP contribution in [0.2, 0.25) is 5.02 Å². The molecule has 3 rings (SSSR count). The van der Waals surface area contributed by atoms with Gasteiger partial charge in [0.1, 0.15) is 11.6 Å². The average Bonchev–Trinajstić information content (AvgIpc) is 2.46. The number of aromatic nitrogens is 2. The molecule has 5 heteroatoms. The SMILES string of the molecule is CCNc1nc(-c2cc(F)cc(Cl)c2)nc2c1CCCC2. The third-order valence-corrected chi connectivity index (χ3v) is 3.87. The summed E-state index contributed by atoms with van der Waals surface area (Å²) < 4.78 is 13.5. The molecule has 0 spiro atoms. The molecule has 0 bridgehead atoms. The van der Waals surface area contributed by atoms with Crippen LogP contribution in [-0.2, 0) is 12.8 Å². The summed E-state index contributed by atoms with van der Waals surface area (Å²) in [6.07, 6.45) is 4.26. The van der Waals surface area contributed by atoms with Crippen molar-refractivity contribution in [2.45, 2.75) is 32.6 Å². The molecule has 0 aliphatic heterocycles. The van der Waals surface area contributed by atoms with Crippen molar-refractivity contribution in [3.63, 3.8) is 0 Å². The predicted molar refractivity (Wildman–Crippen MR) is 83.2 cm³/mol. The van der Waals surface area contributed by atoms with E-state index >= 15 is 0 Å². The number of fused-ring (bicyclic) bond motifs is 1. The molecule has 1 aromatic carbocycles. The maximum Gasteiger partial charge on any atom is 0.161 e. The van der Waals surface area contributed by atoms with E-state index in [1.54, 1.807) is 6.07 Å². The zero-order valence-electron chi connectivity index (χ0n) is 11.9. The molecule has 0 radical (unpaired) electrons. The number of rotatable bonds is 3. The highest BCUT2D eigenvalue weighted by Gasteiger charge is 2.18. The fourth-order valence-corrected chi connectivity index (χ4v) is 2.94. The van der Waals surface area contributed by atoms with E-state index in [4.69, 9.17) is 11.6 Å². The summed E-state index contributed by atoms with van der Waals surface area (Å²) >= 11 is 5.93. The van der Waals surface area contributed by atoms with Crippen molar-refractivity contribution in [2.24, 2.45) is 0 Å². The van der Waals surface area contributed by atoms with E-state index < -0.39 is 0 Å². The van der Waals surface area contributed by atoms with E-state index in [0.717, 1.165) is 37.3 Å². The fraction of sp³-hybridized carbons (Fsp3) is 0.375. The van der Waals surface area contributed by atoms with Crippen LogP contribution in [0.15, 0.2) is 18.2 Å². The highest BCUT2D eigenvalue weighted by Crippen LogP contribution is 2.29. The minimum absolute atomic E-state index is 0.358. The highest BCUT2D eigenvalue weighted by atomic mass is 35.5. The summed E-state index contributed by atoms with van der Waals surface area (Å²) in [4.78, 5) is 9.21. The maximum atomic E-state index is 13.5. The standard InChI is InChI=1S/C16H17ClFN3/c1-2-19-16-13-5-3-4-6-14(13)20-15(21-16)10-7-11(17)9-12(18)8-10/h7-9H,2-6H2,1H3,(H,19,20,21). The Morgan fingerprint density at radius 2 is 2.00 bits per heavy atom. The lowest BCUT2D eigenvalue weighted by Gasteiger charge is -2.19. The Morgan fingerprint density at radius 3 is 2.76 bits per heavy atom. The van der Waals surface area contributed by atoms with Gasteiger partial charge in [0.15, 0.2) is 5.82 Å². The lowest BCUT2D eigenvalue weighted by molar-refractivity contribution is 0.628. The first-order valence-corrected chi connectivity index (χ1v) is 7.65. The molecule has 2 aromatic rings. The van der Waals surface area contributed by atoms with Crippen LogP contribution in [-0.4, -0.2) is 16.5 Å². The minimum atomic E-state index is -0.371. The molecular formula is C16H17ClFN3. The normalized spacial score (nSPS) is 13.9. The van der Waals surface area contributed by atoms with E-state index in [9.17, 15) is 4.39 Å².